The monoisotopic (exact) mass is 397 g/mol. The molecule has 0 bridgehead atoms. The molecule has 2 aromatic rings. The number of benzene rings is 2. The highest BCUT2D eigenvalue weighted by Gasteiger charge is 2.36. The summed E-state index contributed by atoms with van der Waals surface area (Å²) in [5, 5.41) is 11.7. The van der Waals surface area contributed by atoms with E-state index in [4.69, 9.17) is 20.5 Å². The molecule has 0 saturated heterocycles. The maximum Gasteiger partial charge on any atom is 0.264 e. The van der Waals surface area contributed by atoms with Crippen LogP contribution in [0.15, 0.2) is 42.5 Å². The van der Waals surface area contributed by atoms with Crippen LogP contribution in [-0.4, -0.2) is 32.7 Å². The maximum absolute atomic E-state index is 11.5. The van der Waals surface area contributed by atoms with Gasteiger partial charge in [0.05, 0.1) is 18.8 Å². The number of rotatable bonds is 5. The van der Waals surface area contributed by atoms with Crippen LogP contribution in [-0.2, 0) is 14.3 Å². The first kappa shape index (κ1) is 18.6. The highest BCUT2D eigenvalue weighted by Crippen LogP contribution is 2.47. The van der Waals surface area contributed by atoms with Crippen LogP contribution in [0.3, 0.4) is 0 Å². The van der Waals surface area contributed by atoms with E-state index in [1.165, 1.54) is 0 Å². The first-order chi connectivity index (χ1) is 12.2. The van der Waals surface area contributed by atoms with Gasteiger partial charge in [-0.3, -0.25) is 14.3 Å². The second kappa shape index (κ2) is 7.22. The molecule has 2 aromatic carbocycles. The van der Waals surface area contributed by atoms with Crippen molar-refractivity contribution in [3.63, 3.8) is 0 Å². The van der Waals surface area contributed by atoms with Crippen LogP contribution in [0.5, 0.6) is 11.5 Å². The lowest BCUT2D eigenvalue weighted by atomic mass is 9.82. The van der Waals surface area contributed by atoms with Crippen molar-refractivity contribution in [3.05, 3.63) is 68.7 Å². The maximum atomic E-state index is 11.5. The lowest BCUT2D eigenvalue weighted by molar-refractivity contribution is -0.484. The summed E-state index contributed by atoms with van der Waals surface area (Å²) in [4.78, 5) is 10.9. The van der Waals surface area contributed by atoms with Crippen molar-refractivity contribution < 1.29 is 22.3 Å². The van der Waals surface area contributed by atoms with Crippen molar-refractivity contribution >= 4 is 21.7 Å². The number of fused-ring (bicyclic) bond motifs is 2. The quantitative estimate of drug-likeness (QED) is 0.434. The molecule has 0 spiro atoms. The summed E-state index contributed by atoms with van der Waals surface area (Å²) in [6, 6.07) is 11.9. The van der Waals surface area contributed by atoms with E-state index in [0.717, 1.165) is 6.26 Å². The predicted molar refractivity (Wildman–Crippen MR) is 96.1 cm³/mol. The molecule has 0 aromatic heterocycles. The highest BCUT2D eigenvalue weighted by molar-refractivity contribution is 7.85. The molecule has 0 radical (unpaired) electrons. The third kappa shape index (κ3) is 4.14. The summed E-state index contributed by atoms with van der Waals surface area (Å²) in [6.07, 6.45) is 0.940. The van der Waals surface area contributed by atoms with Crippen molar-refractivity contribution in [2.24, 2.45) is 0 Å². The van der Waals surface area contributed by atoms with Gasteiger partial charge in [0.25, 0.3) is 10.1 Å². The molecule has 0 amide bonds. The van der Waals surface area contributed by atoms with Gasteiger partial charge in [-0.1, -0.05) is 29.8 Å². The third-order valence-electron chi connectivity index (χ3n) is 4.20. The fourth-order valence-corrected chi connectivity index (χ4v) is 3.70. The van der Waals surface area contributed by atoms with Crippen LogP contribution in [0.25, 0.3) is 0 Å². The average molecular weight is 398 g/mol. The van der Waals surface area contributed by atoms with Crippen LogP contribution in [0.2, 0.25) is 5.02 Å². The summed E-state index contributed by atoms with van der Waals surface area (Å²) < 4.78 is 33.9. The molecule has 1 heterocycles. The molecule has 138 valence electrons. The fraction of sp³-hybridized carbons (Fsp3) is 0.294. The van der Waals surface area contributed by atoms with Crippen LogP contribution >= 0.6 is 11.6 Å². The Morgan fingerprint density at radius 3 is 2.54 bits per heavy atom. The summed E-state index contributed by atoms with van der Waals surface area (Å²) in [5.41, 5.74) is 1.20. The predicted octanol–water partition coefficient (Wildman–Crippen LogP) is 3.57. The van der Waals surface area contributed by atoms with Crippen molar-refractivity contribution in [3.8, 4) is 11.5 Å². The van der Waals surface area contributed by atoms with E-state index in [-0.39, 0.29) is 6.61 Å². The molecule has 1 aliphatic rings. The smallest absolute Gasteiger partial charge is 0.264 e. The van der Waals surface area contributed by atoms with Gasteiger partial charge >= 0.3 is 0 Å². The van der Waals surface area contributed by atoms with Gasteiger partial charge in [0.1, 0.15) is 11.5 Å². The molecule has 9 heteroatoms. The van der Waals surface area contributed by atoms with E-state index >= 15 is 0 Å². The van der Waals surface area contributed by atoms with Crippen molar-refractivity contribution in [2.45, 2.75) is 11.8 Å². The molecular formula is C17H16ClNO6S. The Morgan fingerprint density at radius 2 is 1.85 bits per heavy atom. The van der Waals surface area contributed by atoms with Gasteiger partial charge in [0.15, 0.2) is 0 Å². The second-order valence-corrected chi connectivity index (χ2v) is 8.12. The van der Waals surface area contributed by atoms with Gasteiger partial charge in [-0.2, -0.15) is 8.42 Å². The van der Waals surface area contributed by atoms with Crippen molar-refractivity contribution in [1.82, 2.24) is 0 Å². The van der Waals surface area contributed by atoms with E-state index in [2.05, 4.69) is 0 Å². The Labute approximate surface area is 155 Å². The van der Waals surface area contributed by atoms with E-state index in [0.29, 0.717) is 27.6 Å². The minimum absolute atomic E-state index is 0.248. The molecule has 0 N–H and O–H groups in total. The molecular weight excluding hydrogens is 382 g/mol. The van der Waals surface area contributed by atoms with Crippen LogP contribution in [0, 0.1) is 10.1 Å². The number of ether oxygens (including phenoxy) is 1. The van der Waals surface area contributed by atoms with Gasteiger partial charge < -0.3 is 4.74 Å². The molecule has 1 aliphatic heterocycles. The SMILES string of the molecule is CS(=O)(=O)OC[C@H]1c2cc(Cl)ccc2Oc2ccccc2[C@@H]1C[N+](=O)[O-]. The number of nitrogens with zero attached hydrogens (tertiary/aromatic N) is 1. The van der Waals surface area contributed by atoms with E-state index in [1.54, 1.807) is 42.5 Å². The van der Waals surface area contributed by atoms with Crippen molar-refractivity contribution in [1.29, 1.82) is 0 Å². The number of para-hydroxylation sites is 1. The second-order valence-electron chi connectivity index (χ2n) is 6.04. The van der Waals surface area contributed by atoms with Crippen LogP contribution in [0.4, 0.5) is 0 Å². The first-order valence-electron chi connectivity index (χ1n) is 7.77. The standard InChI is InChI=1S/C17H16ClNO6S/c1-26(22,23)24-10-15-13-8-11(18)6-7-17(13)25-16-5-3-2-4-12(16)14(15)9-19(20)21/h2-8,14-15H,9-10H2,1H3/t14-,15-/m0/s1. The van der Waals surface area contributed by atoms with Crippen molar-refractivity contribution in [2.75, 3.05) is 19.4 Å². The topological polar surface area (TPSA) is 95.7 Å². The first-order valence-corrected chi connectivity index (χ1v) is 9.96. The number of hydrogen-bond donors (Lipinski definition) is 0. The van der Waals surface area contributed by atoms with E-state index < -0.39 is 33.4 Å². The third-order valence-corrected chi connectivity index (χ3v) is 5.00. The molecule has 7 nitrogen and oxygen atoms in total. The van der Waals surface area contributed by atoms with E-state index in [9.17, 15) is 18.5 Å². The molecule has 0 saturated carbocycles. The van der Waals surface area contributed by atoms with Gasteiger partial charge in [-0.15, -0.1) is 0 Å². The fourth-order valence-electron chi connectivity index (χ4n) is 3.12. The normalized spacial score (nSPS) is 19.0. The average Bonchev–Trinajstić information content (AvgIpc) is 2.67. The Bertz CT molecular complexity index is 946. The minimum Gasteiger partial charge on any atom is -0.457 e. The Morgan fingerprint density at radius 1 is 1.15 bits per heavy atom. The van der Waals surface area contributed by atoms with Crippen LogP contribution in [0.1, 0.15) is 23.0 Å². The zero-order valence-electron chi connectivity index (χ0n) is 13.8. The molecule has 26 heavy (non-hydrogen) atoms. The summed E-state index contributed by atoms with van der Waals surface area (Å²) in [5.74, 6) is -0.297. The van der Waals surface area contributed by atoms with Gasteiger partial charge in [-0.05, 0) is 24.3 Å². The number of nitro groups is 1. The Balaban J connectivity index is 2.16. The lowest BCUT2D eigenvalue weighted by Gasteiger charge is -2.23. The van der Waals surface area contributed by atoms with E-state index in [1.807, 2.05) is 0 Å². The lowest BCUT2D eigenvalue weighted by Crippen LogP contribution is -2.24. The zero-order valence-corrected chi connectivity index (χ0v) is 15.4. The van der Waals surface area contributed by atoms with Gasteiger partial charge in [0.2, 0.25) is 6.54 Å². The molecule has 0 aliphatic carbocycles. The Hall–Kier alpha value is -2.16. The molecule has 2 atom stereocenters. The molecule has 0 unspecified atom stereocenters. The zero-order chi connectivity index (χ0) is 18.9. The van der Waals surface area contributed by atoms with Gasteiger partial charge in [-0.25, -0.2) is 0 Å². The summed E-state index contributed by atoms with van der Waals surface area (Å²) in [7, 11) is -3.72. The largest absolute Gasteiger partial charge is 0.457 e. The summed E-state index contributed by atoms with van der Waals surface area (Å²) in [6.45, 7) is -0.646. The minimum atomic E-state index is -3.72. The molecule has 0 fully saturated rings. The number of hydrogen-bond acceptors (Lipinski definition) is 6. The van der Waals surface area contributed by atoms with Gasteiger partial charge in [0, 0.05) is 27.0 Å². The van der Waals surface area contributed by atoms with Crippen LogP contribution < -0.4 is 4.74 Å². The Kier molecular flexibility index (Phi) is 5.17. The summed E-state index contributed by atoms with van der Waals surface area (Å²) >= 11 is 6.10. The molecule has 3 rings (SSSR count). The highest BCUT2D eigenvalue weighted by atomic mass is 35.5. The number of halogens is 1.